The van der Waals surface area contributed by atoms with Gasteiger partial charge in [-0.15, -0.1) is 0 Å². The average molecular weight is 879 g/mol. The van der Waals surface area contributed by atoms with Crippen LogP contribution in [0.1, 0.15) is 0 Å². The Morgan fingerprint density at radius 3 is 1.42 bits per heavy atom. The molecule has 0 aliphatic carbocycles. The fourth-order valence-electron chi connectivity index (χ4n) is 11.4. The van der Waals surface area contributed by atoms with Gasteiger partial charge in [0.25, 0.3) is 0 Å². The Kier molecular flexibility index (Phi) is 7.97. The Hall–Kier alpha value is -9.39. The van der Waals surface area contributed by atoms with Crippen molar-refractivity contribution in [3.05, 3.63) is 231 Å². The highest BCUT2D eigenvalue weighted by Gasteiger charge is 2.25. The van der Waals surface area contributed by atoms with Gasteiger partial charge in [0.1, 0.15) is 0 Å². The number of fused-ring (bicyclic) bond motifs is 16. The number of aromatic nitrogens is 6. The average Bonchev–Trinajstić information content (AvgIpc) is 4.07. The zero-order chi connectivity index (χ0) is 45.2. The monoisotopic (exact) mass is 878 g/mol. The van der Waals surface area contributed by atoms with Gasteiger partial charge in [-0.05, 0) is 86.9 Å². The second-order valence-electron chi connectivity index (χ2n) is 17.9. The number of nitrogens with zero attached hydrogens (tertiary/aromatic N) is 6. The van der Waals surface area contributed by atoms with Gasteiger partial charge < -0.3 is 9.13 Å². The van der Waals surface area contributed by atoms with Crippen LogP contribution >= 0.6 is 0 Å². The Labute approximate surface area is 395 Å². The summed E-state index contributed by atoms with van der Waals surface area (Å²) >= 11 is 0. The molecule has 0 saturated heterocycles. The van der Waals surface area contributed by atoms with Crippen LogP contribution in [-0.4, -0.2) is 28.7 Å². The van der Waals surface area contributed by atoms with E-state index in [-0.39, 0.29) is 0 Å². The quantitative estimate of drug-likeness (QED) is 0.162. The lowest BCUT2D eigenvalue weighted by molar-refractivity contribution is 0.956. The van der Waals surface area contributed by atoms with E-state index in [1.54, 1.807) is 0 Å². The third kappa shape index (κ3) is 5.45. The van der Waals surface area contributed by atoms with Crippen LogP contribution in [-0.2, 0) is 0 Å². The van der Waals surface area contributed by atoms with Gasteiger partial charge in [0.05, 0.1) is 33.1 Å². The molecule has 0 bridgehead atoms. The topological polar surface area (TPSA) is 53.5 Å². The summed E-state index contributed by atoms with van der Waals surface area (Å²) in [5.41, 5.74) is 10.6. The van der Waals surface area contributed by atoms with Crippen molar-refractivity contribution in [3.8, 4) is 40.1 Å². The first-order chi connectivity index (χ1) is 34.3. The highest BCUT2D eigenvalue weighted by Crippen LogP contribution is 2.44. The summed E-state index contributed by atoms with van der Waals surface area (Å²) in [5.74, 6) is 1.77. The van der Waals surface area contributed by atoms with E-state index in [9.17, 15) is 0 Å². The number of para-hydroxylation sites is 4. The first-order valence-electron chi connectivity index (χ1n) is 23.5. The molecule has 320 valence electrons. The van der Waals surface area contributed by atoms with Crippen molar-refractivity contribution in [1.29, 1.82) is 0 Å². The molecule has 0 N–H and O–H groups in total. The first kappa shape index (κ1) is 37.8. The minimum atomic E-state index is 0.558. The molecule has 11 aromatic carbocycles. The van der Waals surface area contributed by atoms with Gasteiger partial charge >= 0.3 is 0 Å². The van der Waals surface area contributed by atoms with E-state index in [4.69, 9.17) is 15.0 Å². The molecule has 6 nitrogen and oxygen atoms in total. The van der Waals surface area contributed by atoms with Crippen molar-refractivity contribution in [2.24, 2.45) is 0 Å². The fourth-order valence-corrected chi connectivity index (χ4v) is 11.4. The van der Waals surface area contributed by atoms with Gasteiger partial charge in [-0.2, -0.15) is 9.97 Å². The van der Waals surface area contributed by atoms with Gasteiger partial charge in [0, 0.05) is 54.8 Å². The smallest absolute Gasteiger partial charge is 0.238 e. The Bertz CT molecular complexity index is 4560. The molecule has 0 spiro atoms. The molecule has 0 saturated carbocycles. The summed E-state index contributed by atoms with van der Waals surface area (Å²) in [5, 5.41) is 14.3. The molecular formula is C63H38N6. The minimum absolute atomic E-state index is 0.558. The normalized spacial score (nSPS) is 12.1. The minimum Gasteiger partial charge on any atom is -0.309 e. The van der Waals surface area contributed by atoms with Crippen LogP contribution in [0.2, 0.25) is 0 Å². The predicted molar refractivity (Wildman–Crippen MR) is 286 cm³/mol. The van der Waals surface area contributed by atoms with Crippen LogP contribution in [0.4, 0.5) is 0 Å². The Morgan fingerprint density at radius 1 is 0.261 bits per heavy atom. The molecule has 15 rings (SSSR count). The zero-order valence-corrected chi connectivity index (χ0v) is 37.1. The Morgan fingerprint density at radius 2 is 0.739 bits per heavy atom. The number of benzene rings is 11. The molecule has 0 aliphatic rings. The lowest BCUT2D eigenvalue weighted by Crippen LogP contribution is -2.06. The molecule has 69 heavy (non-hydrogen) atoms. The van der Waals surface area contributed by atoms with Crippen LogP contribution < -0.4 is 0 Å². The number of rotatable bonds is 5. The molecule has 0 aliphatic heterocycles. The summed E-state index contributed by atoms with van der Waals surface area (Å²) in [6.07, 6.45) is 0. The molecular weight excluding hydrogens is 841 g/mol. The predicted octanol–water partition coefficient (Wildman–Crippen LogP) is 16.0. The summed E-state index contributed by atoms with van der Waals surface area (Å²) in [4.78, 5) is 16.4. The zero-order valence-electron chi connectivity index (χ0n) is 37.1. The van der Waals surface area contributed by atoms with Gasteiger partial charge in [-0.1, -0.05) is 176 Å². The SMILES string of the molecule is c1ccc(-c2nc(-c3cccc4c3c3ccccc3n4-c3ccccc3)nc(-n3c4ccccc4c4ccc5c(c6ccccc6n5-c5ccc6c7ccccc7c7ccccc7c6c5)c43)n2)cc1. The van der Waals surface area contributed by atoms with Crippen LogP contribution in [0.3, 0.4) is 0 Å². The highest BCUT2D eigenvalue weighted by molar-refractivity contribution is 6.28. The van der Waals surface area contributed by atoms with Crippen LogP contribution in [0.25, 0.3) is 138 Å². The largest absolute Gasteiger partial charge is 0.309 e. The maximum Gasteiger partial charge on any atom is 0.238 e. The molecule has 4 heterocycles. The van der Waals surface area contributed by atoms with Crippen molar-refractivity contribution in [3.63, 3.8) is 0 Å². The fraction of sp³-hybridized carbons (Fsp3) is 0. The molecule has 0 amide bonds. The van der Waals surface area contributed by atoms with Crippen LogP contribution in [0.5, 0.6) is 0 Å². The Balaban J connectivity index is 1.04. The molecule has 15 aromatic rings. The van der Waals surface area contributed by atoms with Gasteiger partial charge in [0.2, 0.25) is 5.95 Å². The van der Waals surface area contributed by atoms with Crippen molar-refractivity contribution in [1.82, 2.24) is 28.7 Å². The van der Waals surface area contributed by atoms with E-state index >= 15 is 0 Å². The first-order valence-corrected chi connectivity index (χ1v) is 23.5. The van der Waals surface area contributed by atoms with Crippen molar-refractivity contribution in [2.75, 3.05) is 0 Å². The third-order valence-electron chi connectivity index (χ3n) is 14.3. The molecule has 4 aromatic heterocycles. The molecule has 6 heteroatoms. The lowest BCUT2D eigenvalue weighted by atomic mass is 9.94. The van der Waals surface area contributed by atoms with E-state index < -0.39 is 0 Å². The summed E-state index contributed by atoms with van der Waals surface area (Å²) in [7, 11) is 0. The standard InChI is InChI=1S/C63H38N6/c1-3-18-39(19-4-1)61-64-62(51-29-17-33-56-58(51)49-27-12-15-31-54(49)67(56)40-20-5-2-6-21-40)66-63(65-61)69-53-30-14-11-26-47(53)48-36-37-57-59(60(48)69)50-28-13-16-32-55(50)68(57)41-34-35-46-44-24-8-7-22-42(44)43-23-9-10-25-45(43)52(46)38-41/h1-38H. The number of hydrogen-bond acceptors (Lipinski definition) is 3. The molecule has 0 atom stereocenters. The van der Waals surface area contributed by atoms with Crippen LogP contribution in [0.15, 0.2) is 231 Å². The maximum atomic E-state index is 5.58. The summed E-state index contributed by atoms with van der Waals surface area (Å²) < 4.78 is 7.07. The van der Waals surface area contributed by atoms with E-state index in [2.05, 4.69) is 226 Å². The van der Waals surface area contributed by atoms with Crippen molar-refractivity contribution in [2.45, 2.75) is 0 Å². The number of hydrogen-bond donors (Lipinski definition) is 0. The van der Waals surface area contributed by atoms with E-state index in [0.29, 0.717) is 17.6 Å². The van der Waals surface area contributed by atoms with Crippen LogP contribution in [0, 0.1) is 0 Å². The second kappa shape index (κ2) is 14.6. The molecule has 0 radical (unpaired) electrons. The van der Waals surface area contributed by atoms with Crippen molar-refractivity contribution < 1.29 is 0 Å². The lowest BCUT2D eigenvalue weighted by Gasteiger charge is -2.14. The molecule has 0 unspecified atom stereocenters. The van der Waals surface area contributed by atoms with Gasteiger partial charge in [-0.3, -0.25) is 4.57 Å². The maximum absolute atomic E-state index is 5.58. The molecule has 0 fully saturated rings. The van der Waals surface area contributed by atoms with Gasteiger partial charge in [-0.25, -0.2) is 4.98 Å². The van der Waals surface area contributed by atoms with E-state index in [1.807, 2.05) is 18.2 Å². The van der Waals surface area contributed by atoms with Crippen molar-refractivity contribution >= 4 is 97.7 Å². The second-order valence-corrected chi connectivity index (χ2v) is 17.9. The van der Waals surface area contributed by atoms with E-state index in [1.165, 1.54) is 32.3 Å². The third-order valence-corrected chi connectivity index (χ3v) is 14.3. The van der Waals surface area contributed by atoms with E-state index in [0.717, 1.165) is 87.9 Å². The summed E-state index contributed by atoms with van der Waals surface area (Å²) in [6.45, 7) is 0. The highest BCUT2D eigenvalue weighted by atomic mass is 15.2. The van der Waals surface area contributed by atoms with Gasteiger partial charge in [0.15, 0.2) is 11.6 Å². The summed E-state index contributed by atoms with van der Waals surface area (Å²) in [6, 6.07) is 82.6.